The van der Waals surface area contributed by atoms with Crippen molar-refractivity contribution in [2.24, 2.45) is 0 Å². The number of hydrogen-bond acceptors (Lipinski definition) is 6. The van der Waals surface area contributed by atoms with Crippen LogP contribution in [0.15, 0.2) is 0 Å². The fourth-order valence-electron chi connectivity index (χ4n) is 2.85. The van der Waals surface area contributed by atoms with Gasteiger partial charge >= 0.3 is 0 Å². The van der Waals surface area contributed by atoms with Gasteiger partial charge in [-0.3, -0.25) is 0 Å². The molecule has 1 aliphatic heterocycles. The molecule has 7 heteroatoms. The van der Waals surface area contributed by atoms with Crippen LogP contribution in [0.2, 0.25) is 5.28 Å². The number of halogens is 1. The van der Waals surface area contributed by atoms with Gasteiger partial charge in [-0.05, 0) is 31.4 Å². The predicted octanol–water partition coefficient (Wildman–Crippen LogP) is 2.11. The molecule has 1 saturated heterocycles. The minimum Gasteiger partial charge on any atom is -0.378 e. The van der Waals surface area contributed by atoms with Crippen LogP contribution in [-0.4, -0.2) is 46.8 Å². The standard InChI is InChI=1S/C13H20ClN5O/c1-13(4-2-3-5-13)18-11-15-10(14)16-12(17-11)19-6-8-20-9-7-19/h2-9H2,1H3,(H,15,16,17,18). The van der Waals surface area contributed by atoms with Gasteiger partial charge < -0.3 is 15.0 Å². The number of nitrogens with one attached hydrogen (secondary N) is 1. The summed E-state index contributed by atoms with van der Waals surface area (Å²) in [5.74, 6) is 1.22. The van der Waals surface area contributed by atoms with E-state index < -0.39 is 0 Å². The molecule has 0 aromatic carbocycles. The first-order valence-electron chi connectivity index (χ1n) is 7.17. The van der Waals surface area contributed by atoms with E-state index in [-0.39, 0.29) is 10.8 Å². The molecule has 0 bridgehead atoms. The number of aromatic nitrogens is 3. The Morgan fingerprint density at radius 3 is 2.55 bits per heavy atom. The van der Waals surface area contributed by atoms with Crippen molar-refractivity contribution < 1.29 is 4.74 Å². The van der Waals surface area contributed by atoms with Crippen LogP contribution in [0.4, 0.5) is 11.9 Å². The molecule has 1 N–H and O–H groups in total. The molecule has 2 aliphatic rings. The lowest BCUT2D eigenvalue weighted by Crippen LogP contribution is -2.38. The van der Waals surface area contributed by atoms with Crippen molar-refractivity contribution in [3.63, 3.8) is 0 Å². The van der Waals surface area contributed by atoms with E-state index >= 15 is 0 Å². The second-order valence-electron chi connectivity index (χ2n) is 5.72. The molecule has 0 atom stereocenters. The molecule has 1 aromatic rings. The average molecular weight is 298 g/mol. The molecule has 6 nitrogen and oxygen atoms in total. The van der Waals surface area contributed by atoms with E-state index in [0.717, 1.165) is 25.9 Å². The third-order valence-electron chi connectivity index (χ3n) is 4.01. The number of ether oxygens (including phenoxy) is 1. The summed E-state index contributed by atoms with van der Waals surface area (Å²) in [7, 11) is 0. The van der Waals surface area contributed by atoms with Gasteiger partial charge in [0.25, 0.3) is 0 Å². The summed E-state index contributed by atoms with van der Waals surface area (Å²) in [4.78, 5) is 15.0. The number of nitrogens with zero attached hydrogens (tertiary/aromatic N) is 4. The first kappa shape index (κ1) is 13.8. The highest BCUT2D eigenvalue weighted by molar-refractivity contribution is 6.28. The molecule has 20 heavy (non-hydrogen) atoms. The lowest BCUT2D eigenvalue weighted by atomic mass is 10.0. The number of hydrogen-bond donors (Lipinski definition) is 1. The predicted molar refractivity (Wildman–Crippen MR) is 78.4 cm³/mol. The first-order valence-corrected chi connectivity index (χ1v) is 7.55. The van der Waals surface area contributed by atoms with Crippen LogP contribution in [0.25, 0.3) is 0 Å². The zero-order chi connectivity index (χ0) is 14.0. The van der Waals surface area contributed by atoms with E-state index in [9.17, 15) is 0 Å². The molecule has 0 spiro atoms. The van der Waals surface area contributed by atoms with Gasteiger partial charge in [0.2, 0.25) is 17.2 Å². The fraction of sp³-hybridized carbons (Fsp3) is 0.769. The Labute approximate surface area is 123 Å². The lowest BCUT2D eigenvalue weighted by Gasteiger charge is -2.28. The van der Waals surface area contributed by atoms with Gasteiger partial charge in [-0.25, -0.2) is 0 Å². The molecule has 110 valence electrons. The maximum atomic E-state index is 6.04. The summed E-state index contributed by atoms with van der Waals surface area (Å²) in [6, 6.07) is 0. The Morgan fingerprint density at radius 1 is 1.15 bits per heavy atom. The molecule has 0 radical (unpaired) electrons. The molecule has 1 aromatic heterocycles. The Hall–Kier alpha value is -1.14. The molecule has 1 saturated carbocycles. The summed E-state index contributed by atoms with van der Waals surface area (Å²) in [6.45, 7) is 5.19. The Balaban J connectivity index is 1.78. The minimum absolute atomic E-state index is 0.0764. The number of morpholine rings is 1. The smallest absolute Gasteiger partial charge is 0.231 e. The molecule has 0 unspecified atom stereocenters. The highest BCUT2D eigenvalue weighted by Crippen LogP contribution is 2.32. The van der Waals surface area contributed by atoms with Gasteiger partial charge in [-0.2, -0.15) is 15.0 Å². The second kappa shape index (κ2) is 5.69. The van der Waals surface area contributed by atoms with Crippen molar-refractivity contribution >= 4 is 23.5 Å². The topological polar surface area (TPSA) is 63.2 Å². The van der Waals surface area contributed by atoms with Gasteiger partial charge in [0, 0.05) is 18.6 Å². The molecule has 0 amide bonds. The van der Waals surface area contributed by atoms with Crippen LogP contribution in [-0.2, 0) is 4.74 Å². The lowest BCUT2D eigenvalue weighted by molar-refractivity contribution is 0.122. The molecule has 2 fully saturated rings. The third kappa shape index (κ3) is 3.12. The summed E-state index contributed by atoms with van der Waals surface area (Å²) >= 11 is 6.04. The van der Waals surface area contributed by atoms with Gasteiger partial charge in [0.1, 0.15) is 0 Å². The largest absolute Gasteiger partial charge is 0.378 e. The second-order valence-corrected chi connectivity index (χ2v) is 6.06. The van der Waals surface area contributed by atoms with E-state index in [0.29, 0.717) is 25.1 Å². The summed E-state index contributed by atoms with van der Waals surface area (Å²) in [6.07, 6.45) is 4.78. The van der Waals surface area contributed by atoms with Gasteiger partial charge in [0.05, 0.1) is 13.2 Å². The van der Waals surface area contributed by atoms with Crippen LogP contribution in [0.1, 0.15) is 32.6 Å². The van der Waals surface area contributed by atoms with Crippen molar-refractivity contribution in [3.8, 4) is 0 Å². The third-order valence-corrected chi connectivity index (χ3v) is 4.18. The van der Waals surface area contributed by atoms with E-state index in [1.807, 2.05) is 0 Å². The number of rotatable bonds is 3. The Bertz CT molecular complexity index is 472. The molecular formula is C13H20ClN5O. The quantitative estimate of drug-likeness (QED) is 0.922. The zero-order valence-corrected chi connectivity index (χ0v) is 12.5. The SMILES string of the molecule is CC1(Nc2nc(Cl)nc(N3CCOCC3)n2)CCCC1. The van der Waals surface area contributed by atoms with Crippen molar-refractivity contribution in [1.82, 2.24) is 15.0 Å². The Kier molecular flexibility index (Phi) is 3.94. The first-order chi connectivity index (χ1) is 9.65. The summed E-state index contributed by atoms with van der Waals surface area (Å²) < 4.78 is 5.34. The normalized spacial score (nSPS) is 22.0. The minimum atomic E-state index is 0.0764. The van der Waals surface area contributed by atoms with Gasteiger partial charge in [-0.1, -0.05) is 12.8 Å². The van der Waals surface area contributed by atoms with Crippen LogP contribution < -0.4 is 10.2 Å². The van der Waals surface area contributed by atoms with Crippen molar-refractivity contribution in [2.45, 2.75) is 38.1 Å². The number of anilines is 2. The van der Waals surface area contributed by atoms with E-state index in [1.54, 1.807) is 0 Å². The van der Waals surface area contributed by atoms with Crippen molar-refractivity contribution in [2.75, 3.05) is 36.5 Å². The van der Waals surface area contributed by atoms with Crippen molar-refractivity contribution in [3.05, 3.63) is 5.28 Å². The Morgan fingerprint density at radius 2 is 1.85 bits per heavy atom. The van der Waals surface area contributed by atoms with Crippen molar-refractivity contribution in [1.29, 1.82) is 0 Å². The highest BCUT2D eigenvalue weighted by atomic mass is 35.5. The maximum Gasteiger partial charge on any atom is 0.231 e. The molecule has 1 aliphatic carbocycles. The van der Waals surface area contributed by atoms with Crippen LogP contribution in [0.3, 0.4) is 0 Å². The summed E-state index contributed by atoms with van der Waals surface area (Å²) in [5.41, 5.74) is 0.0764. The molecule has 3 rings (SSSR count). The summed E-state index contributed by atoms with van der Waals surface area (Å²) in [5, 5.41) is 3.67. The van der Waals surface area contributed by atoms with E-state index in [1.165, 1.54) is 12.8 Å². The van der Waals surface area contributed by atoms with Crippen LogP contribution in [0, 0.1) is 0 Å². The zero-order valence-electron chi connectivity index (χ0n) is 11.7. The molecular weight excluding hydrogens is 278 g/mol. The maximum absolute atomic E-state index is 6.04. The highest BCUT2D eigenvalue weighted by Gasteiger charge is 2.29. The monoisotopic (exact) mass is 297 g/mol. The van der Waals surface area contributed by atoms with E-state index in [2.05, 4.69) is 32.1 Å². The fourth-order valence-corrected chi connectivity index (χ4v) is 3.01. The van der Waals surface area contributed by atoms with Crippen LogP contribution in [0.5, 0.6) is 0 Å². The van der Waals surface area contributed by atoms with Gasteiger partial charge in [-0.15, -0.1) is 0 Å². The molecule has 2 heterocycles. The van der Waals surface area contributed by atoms with E-state index in [4.69, 9.17) is 16.3 Å². The van der Waals surface area contributed by atoms with Gasteiger partial charge in [0.15, 0.2) is 0 Å². The van der Waals surface area contributed by atoms with Crippen LogP contribution >= 0.6 is 11.6 Å². The average Bonchev–Trinajstić information content (AvgIpc) is 2.85.